The SMILES string of the molecule is CCC(C)(CN)C(=O)NCc1nccn1C. The monoisotopic (exact) mass is 224 g/mol. The Kier molecular flexibility index (Phi) is 4.06. The Morgan fingerprint density at radius 3 is 2.81 bits per heavy atom. The number of amides is 1. The summed E-state index contributed by atoms with van der Waals surface area (Å²) < 4.78 is 1.88. The molecule has 0 aromatic carbocycles. The molecule has 1 amide bonds. The number of hydrogen-bond acceptors (Lipinski definition) is 3. The van der Waals surface area contributed by atoms with Gasteiger partial charge in [0.1, 0.15) is 5.82 Å². The van der Waals surface area contributed by atoms with Crippen molar-refractivity contribution in [2.75, 3.05) is 6.54 Å². The maximum Gasteiger partial charge on any atom is 0.227 e. The molecule has 0 fully saturated rings. The zero-order chi connectivity index (χ0) is 12.2. The number of hydrogen-bond donors (Lipinski definition) is 2. The number of aryl methyl sites for hydroxylation is 1. The summed E-state index contributed by atoms with van der Waals surface area (Å²) in [6, 6.07) is 0. The highest BCUT2D eigenvalue weighted by molar-refractivity contribution is 5.82. The van der Waals surface area contributed by atoms with E-state index in [9.17, 15) is 4.79 Å². The molecule has 1 atom stereocenters. The van der Waals surface area contributed by atoms with Crippen LogP contribution in [0, 0.1) is 5.41 Å². The minimum Gasteiger partial charge on any atom is -0.348 e. The Morgan fingerprint density at radius 1 is 1.69 bits per heavy atom. The number of carbonyl (C=O) groups excluding carboxylic acids is 1. The minimum atomic E-state index is -0.481. The maximum absolute atomic E-state index is 11.9. The molecule has 0 radical (unpaired) electrons. The Bertz CT molecular complexity index is 355. The van der Waals surface area contributed by atoms with Crippen molar-refractivity contribution in [1.82, 2.24) is 14.9 Å². The lowest BCUT2D eigenvalue weighted by atomic mass is 9.87. The van der Waals surface area contributed by atoms with Crippen LogP contribution in [0.15, 0.2) is 12.4 Å². The van der Waals surface area contributed by atoms with Gasteiger partial charge in [0.2, 0.25) is 5.91 Å². The van der Waals surface area contributed by atoms with Gasteiger partial charge in [0.15, 0.2) is 0 Å². The molecule has 5 nitrogen and oxygen atoms in total. The van der Waals surface area contributed by atoms with E-state index in [2.05, 4.69) is 10.3 Å². The molecule has 16 heavy (non-hydrogen) atoms. The summed E-state index contributed by atoms with van der Waals surface area (Å²) in [6.45, 7) is 4.64. The van der Waals surface area contributed by atoms with E-state index < -0.39 is 5.41 Å². The molecule has 0 saturated carbocycles. The van der Waals surface area contributed by atoms with E-state index in [0.717, 1.165) is 12.2 Å². The van der Waals surface area contributed by atoms with E-state index in [0.29, 0.717) is 13.1 Å². The van der Waals surface area contributed by atoms with Crippen LogP contribution >= 0.6 is 0 Å². The standard InChI is InChI=1S/C11H20N4O/c1-4-11(2,8-12)10(16)14-7-9-13-5-6-15(9)3/h5-6H,4,7-8,12H2,1-3H3,(H,14,16). The van der Waals surface area contributed by atoms with E-state index in [1.807, 2.05) is 31.7 Å². The van der Waals surface area contributed by atoms with Crippen LogP contribution in [0.5, 0.6) is 0 Å². The first-order valence-corrected chi connectivity index (χ1v) is 5.48. The van der Waals surface area contributed by atoms with Gasteiger partial charge in [0.25, 0.3) is 0 Å². The minimum absolute atomic E-state index is 0.0134. The van der Waals surface area contributed by atoms with Gasteiger partial charge in [-0.1, -0.05) is 6.92 Å². The van der Waals surface area contributed by atoms with Gasteiger partial charge < -0.3 is 15.6 Å². The van der Waals surface area contributed by atoms with Crippen molar-refractivity contribution in [2.45, 2.75) is 26.8 Å². The highest BCUT2D eigenvalue weighted by Crippen LogP contribution is 2.19. The van der Waals surface area contributed by atoms with Gasteiger partial charge in [-0.2, -0.15) is 0 Å². The van der Waals surface area contributed by atoms with E-state index in [-0.39, 0.29) is 5.91 Å². The highest BCUT2D eigenvalue weighted by atomic mass is 16.2. The lowest BCUT2D eigenvalue weighted by Gasteiger charge is -2.24. The molecule has 3 N–H and O–H groups in total. The topological polar surface area (TPSA) is 72.9 Å². The summed E-state index contributed by atoms with van der Waals surface area (Å²) in [5, 5.41) is 2.87. The molecule has 1 unspecified atom stereocenters. The number of aromatic nitrogens is 2. The first-order valence-electron chi connectivity index (χ1n) is 5.48. The lowest BCUT2D eigenvalue weighted by molar-refractivity contribution is -0.130. The fourth-order valence-corrected chi connectivity index (χ4v) is 1.34. The number of nitrogens with one attached hydrogen (secondary N) is 1. The van der Waals surface area contributed by atoms with Crippen LogP contribution in [0.3, 0.4) is 0 Å². The highest BCUT2D eigenvalue weighted by Gasteiger charge is 2.29. The third-order valence-corrected chi connectivity index (χ3v) is 3.11. The van der Waals surface area contributed by atoms with Gasteiger partial charge in [0.05, 0.1) is 12.0 Å². The quantitative estimate of drug-likeness (QED) is 0.761. The summed E-state index contributed by atoms with van der Waals surface area (Å²) in [7, 11) is 1.90. The van der Waals surface area contributed by atoms with E-state index in [4.69, 9.17) is 5.73 Å². The van der Waals surface area contributed by atoms with Crippen LogP contribution < -0.4 is 11.1 Å². The molecular weight excluding hydrogens is 204 g/mol. The zero-order valence-electron chi connectivity index (χ0n) is 10.2. The fraction of sp³-hybridized carbons (Fsp3) is 0.636. The third-order valence-electron chi connectivity index (χ3n) is 3.11. The summed E-state index contributed by atoms with van der Waals surface area (Å²) in [4.78, 5) is 16.0. The molecule has 1 aromatic heterocycles. The van der Waals surface area contributed by atoms with E-state index in [1.165, 1.54) is 0 Å². The predicted molar refractivity (Wildman–Crippen MR) is 62.5 cm³/mol. The second-order valence-corrected chi connectivity index (χ2v) is 4.26. The molecule has 1 aromatic rings. The fourth-order valence-electron chi connectivity index (χ4n) is 1.34. The Hall–Kier alpha value is -1.36. The Labute approximate surface area is 96.0 Å². The predicted octanol–water partition coefficient (Wildman–Crippen LogP) is 0.411. The number of nitrogens with zero attached hydrogens (tertiary/aromatic N) is 2. The van der Waals surface area contributed by atoms with Crippen LogP contribution in [0.1, 0.15) is 26.1 Å². The van der Waals surface area contributed by atoms with E-state index in [1.54, 1.807) is 6.20 Å². The normalized spacial score (nSPS) is 14.5. The molecule has 0 saturated heterocycles. The second-order valence-electron chi connectivity index (χ2n) is 4.26. The zero-order valence-corrected chi connectivity index (χ0v) is 10.2. The van der Waals surface area contributed by atoms with Gasteiger partial charge in [0, 0.05) is 26.0 Å². The number of nitrogens with two attached hydrogens (primary N) is 1. The average Bonchev–Trinajstić information content (AvgIpc) is 2.70. The summed E-state index contributed by atoms with van der Waals surface area (Å²) in [5.41, 5.74) is 5.13. The van der Waals surface area contributed by atoms with Crippen LogP contribution in [0.4, 0.5) is 0 Å². The number of rotatable bonds is 5. The molecule has 90 valence electrons. The van der Waals surface area contributed by atoms with Crippen molar-refractivity contribution in [1.29, 1.82) is 0 Å². The second kappa shape index (κ2) is 5.12. The van der Waals surface area contributed by atoms with Gasteiger partial charge in [-0.15, -0.1) is 0 Å². The van der Waals surface area contributed by atoms with Crippen molar-refractivity contribution in [3.63, 3.8) is 0 Å². The molecule has 0 aliphatic rings. The van der Waals surface area contributed by atoms with Crippen LogP contribution in [0.2, 0.25) is 0 Å². The Morgan fingerprint density at radius 2 is 2.38 bits per heavy atom. The molecule has 0 aliphatic carbocycles. The number of imidazole rings is 1. The van der Waals surface area contributed by atoms with E-state index >= 15 is 0 Å². The first kappa shape index (κ1) is 12.7. The molecule has 0 aliphatic heterocycles. The van der Waals surface area contributed by atoms with Gasteiger partial charge >= 0.3 is 0 Å². The van der Waals surface area contributed by atoms with Crippen molar-refractivity contribution >= 4 is 5.91 Å². The van der Waals surface area contributed by atoms with Crippen LogP contribution in [-0.4, -0.2) is 22.0 Å². The third kappa shape index (κ3) is 2.61. The van der Waals surface area contributed by atoms with Gasteiger partial charge in [-0.05, 0) is 13.3 Å². The average molecular weight is 224 g/mol. The number of carbonyl (C=O) groups is 1. The largest absolute Gasteiger partial charge is 0.348 e. The smallest absolute Gasteiger partial charge is 0.227 e. The molecule has 5 heteroatoms. The van der Waals surface area contributed by atoms with Crippen molar-refractivity contribution in [3.8, 4) is 0 Å². The van der Waals surface area contributed by atoms with Crippen molar-refractivity contribution in [3.05, 3.63) is 18.2 Å². The molecule has 0 bridgehead atoms. The van der Waals surface area contributed by atoms with Gasteiger partial charge in [-0.3, -0.25) is 4.79 Å². The lowest BCUT2D eigenvalue weighted by Crippen LogP contribution is -2.43. The Balaban J connectivity index is 2.56. The first-order chi connectivity index (χ1) is 7.53. The molecule has 1 rings (SSSR count). The van der Waals surface area contributed by atoms with Crippen molar-refractivity contribution in [2.24, 2.45) is 18.2 Å². The van der Waals surface area contributed by atoms with Crippen LogP contribution in [0.25, 0.3) is 0 Å². The summed E-state index contributed by atoms with van der Waals surface area (Å²) >= 11 is 0. The molecule has 1 heterocycles. The molecular formula is C11H20N4O. The van der Waals surface area contributed by atoms with Gasteiger partial charge in [-0.25, -0.2) is 4.98 Å². The summed E-state index contributed by atoms with van der Waals surface area (Å²) in [5.74, 6) is 0.823. The molecule has 0 spiro atoms. The van der Waals surface area contributed by atoms with Crippen molar-refractivity contribution < 1.29 is 4.79 Å². The maximum atomic E-state index is 11.9. The summed E-state index contributed by atoms with van der Waals surface area (Å²) in [6.07, 6.45) is 4.29. The van der Waals surface area contributed by atoms with Crippen LogP contribution in [-0.2, 0) is 18.4 Å².